The van der Waals surface area contributed by atoms with Gasteiger partial charge < -0.3 is 19.7 Å². The molecule has 9 nitrogen and oxygen atoms in total. The monoisotopic (exact) mass is 552 g/mol. The molecule has 38 heavy (non-hydrogen) atoms. The van der Waals surface area contributed by atoms with Crippen LogP contribution < -0.4 is 10.1 Å². The van der Waals surface area contributed by atoms with Crippen molar-refractivity contribution < 1.29 is 32.2 Å². The van der Waals surface area contributed by atoms with E-state index in [2.05, 4.69) is 15.4 Å². The lowest BCUT2D eigenvalue weighted by Crippen LogP contribution is -2.21. The van der Waals surface area contributed by atoms with Crippen LogP contribution in [0.5, 0.6) is 5.75 Å². The summed E-state index contributed by atoms with van der Waals surface area (Å²) in [4.78, 5) is 17.7. The van der Waals surface area contributed by atoms with Crippen LogP contribution in [0.4, 0.5) is 29.2 Å². The number of nitrogens with zero attached hydrogens (tertiary/aromatic N) is 5. The van der Waals surface area contributed by atoms with E-state index >= 15 is 0 Å². The second-order valence-electron chi connectivity index (χ2n) is 8.18. The second kappa shape index (κ2) is 11.1. The van der Waals surface area contributed by atoms with Gasteiger partial charge in [-0.05, 0) is 42.7 Å². The number of alkyl halides is 3. The molecule has 2 N–H and O–H groups in total. The lowest BCUT2D eigenvalue weighted by atomic mass is 9.91. The fraction of sp³-hybridized carbons (Fsp3) is 0.250. The van der Waals surface area contributed by atoms with Gasteiger partial charge in [-0.15, -0.1) is 5.10 Å². The molecule has 0 fully saturated rings. The molecule has 200 valence electrons. The lowest BCUT2D eigenvalue weighted by molar-refractivity contribution is -0.192. The lowest BCUT2D eigenvalue weighted by Gasteiger charge is -2.22. The van der Waals surface area contributed by atoms with Gasteiger partial charge in [-0.3, -0.25) is 0 Å². The van der Waals surface area contributed by atoms with Crippen LogP contribution in [0.2, 0.25) is 5.15 Å². The van der Waals surface area contributed by atoms with E-state index in [0.29, 0.717) is 16.9 Å². The van der Waals surface area contributed by atoms with Crippen LogP contribution in [0.25, 0.3) is 5.69 Å². The van der Waals surface area contributed by atoms with Crippen molar-refractivity contribution in [2.24, 2.45) is 0 Å². The fourth-order valence-corrected chi connectivity index (χ4v) is 4.09. The number of aromatic nitrogens is 5. The number of hydrogen-bond acceptors (Lipinski definition) is 6. The number of rotatable bonds is 5. The Morgan fingerprint density at radius 2 is 1.92 bits per heavy atom. The molecule has 1 unspecified atom stereocenters. The van der Waals surface area contributed by atoms with Crippen molar-refractivity contribution in [1.82, 2.24) is 24.3 Å². The first kappa shape index (κ1) is 26.9. The van der Waals surface area contributed by atoms with Crippen LogP contribution in [0.1, 0.15) is 30.1 Å². The molecule has 1 aliphatic rings. The maximum absolute atomic E-state index is 13.3. The number of carboxylic acids is 1. The number of aryl methyl sites for hydroxylation is 1. The van der Waals surface area contributed by atoms with Crippen molar-refractivity contribution in [3.8, 4) is 11.4 Å². The number of hydrogen-bond donors (Lipinski definition) is 2. The molecule has 0 saturated carbocycles. The molecule has 1 aliphatic heterocycles. The molecule has 5 rings (SSSR count). The largest absolute Gasteiger partial charge is 0.494 e. The van der Waals surface area contributed by atoms with Crippen molar-refractivity contribution in [3.63, 3.8) is 0 Å². The Bertz CT molecular complexity index is 1420. The number of carbonyl (C=O) groups is 1. The summed E-state index contributed by atoms with van der Waals surface area (Å²) in [5.41, 5.74) is 2.67. The Morgan fingerprint density at radius 3 is 2.53 bits per heavy atom. The van der Waals surface area contributed by atoms with Crippen molar-refractivity contribution in [3.05, 3.63) is 77.3 Å². The van der Waals surface area contributed by atoms with Gasteiger partial charge in [-0.1, -0.05) is 23.7 Å². The SMILES string of the molecule is COc1cc(Nc2nc3n(n2)CCCC3c2ccc(F)cc2)ccc1-n1cnc(Cl)c1.O=C(O)C(F)(F)F. The van der Waals surface area contributed by atoms with E-state index in [1.165, 1.54) is 12.1 Å². The highest BCUT2D eigenvalue weighted by Crippen LogP contribution is 2.34. The minimum Gasteiger partial charge on any atom is -0.494 e. The van der Waals surface area contributed by atoms with Gasteiger partial charge in [0, 0.05) is 30.4 Å². The predicted molar refractivity (Wildman–Crippen MR) is 130 cm³/mol. The van der Waals surface area contributed by atoms with E-state index in [9.17, 15) is 17.6 Å². The average molecular weight is 553 g/mol. The third-order valence-electron chi connectivity index (χ3n) is 5.65. The number of imidazole rings is 1. The van der Waals surface area contributed by atoms with Crippen LogP contribution in [0.3, 0.4) is 0 Å². The Kier molecular flexibility index (Phi) is 7.86. The standard InChI is InChI=1S/C22H20ClFN6O.C2HF3O2/c1-31-19-11-16(8-9-18(19)29-12-20(23)25-13-29)26-22-27-21-17(3-2-10-30(21)28-22)14-4-6-15(24)7-5-14;3-2(4,5)1(6)7/h4-9,11-13,17H,2-3,10H2,1H3,(H,26,28);(H,6,7). The van der Waals surface area contributed by atoms with Gasteiger partial charge in [0.1, 0.15) is 28.9 Å². The molecule has 2 aromatic heterocycles. The number of ether oxygens (including phenoxy) is 1. The third-order valence-corrected chi connectivity index (χ3v) is 5.85. The maximum atomic E-state index is 13.3. The molecule has 0 bridgehead atoms. The van der Waals surface area contributed by atoms with Crippen molar-refractivity contribution in [1.29, 1.82) is 0 Å². The zero-order valence-electron chi connectivity index (χ0n) is 19.8. The van der Waals surface area contributed by atoms with Crippen molar-refractivity contribution in [2.75, 3.05) is 12.4 Å². The van der Waals surface area contributed by atoms with Crippen molar-refractivity contribution >= 4 is 29.2 Å². The summed E-state index contributed by atoms with van der Waals surface area (Å²) in [6, 6.07) is 12.3. The highest BCUT2D eigenvalue weighted by Gasteiger charge is 2.38. The maximum Gasteiger partial charge on any atom is 0.490 e. The molecular weight excluding hydrogens is 532 g/mol. The van der Waals surface area contributed by atoms with Gasteiger partial charge in [0.05, 0.1) is 12.8 Å². The van der Waals surface area contributed by atoms with Crippen LogP contribution >= 0.6 is 11.6 Å². The molecule has 0 radical (unpaired) electrons. The molecule has 14 heteroatoms. The van der Waals surface area contributed by atoms with Crippen LogP contribution in [-0.2, 0) is 11.3 Å². The normalized spacial score (nSPS) is 14.7. The minimum atomic E-state index is -5.08. The molecular formula is C24H21ClF4N6O3. The quantitative estimate of drug-likeness (QED) is 0.312. The zero-order valence-corrected chi connectivity index (χ0v) is 20.5. The second-order valence-corrected chi connectivity index (χ2v) is 8.57. The van der Waals surface area contributed by atoms with E-state index in [1.54, 1.807) is 24.2 Å². The van der Waals surface area contributed by atoms with Crippen LogP contribution in [-0.4, -0.2) is 48.7 Å². The molecule has 3 heterocycles. The first-order valence-electron chi connectivity index (χ1n) is 11.2. The molecule has 0 amide bonds. The fourth-order valence-electron chi connectivity index (χ4n) is 3.94. The zero-order chi connectivity index (χ0) is 27.4. The number of nitrogens with one attached hydrogen (secondary N) is 1. The van der Waals surface area contributed by atoms with Crippen LogP contribution in [0.15, 0.2) is 55.0 Å². The van der Waals surface area contributed by atoms with Gasteiger partial charge in [0.2, 0.25) is 5.95 Å². The Hall–Kier alpha value is -4.13. The van der Waals surface area contributed by atoms with Gasteiger partial charge in [0.25, 0.3) is 0 Å². The molecule has 0 aliphatic carbocycles. The number of fused-ring (bicyclic) bond motifs is 1. The molecule has 0 saturated heterocycles. The smallest absolute Gasteiger partial charge is 0.490 e. The molecule has 1 atom stereocenters. The number of carboxylic acid groups (broad SMARTS) is 1. The van der Waals surface area contributed by atoms with Crippen molar-refractivity contribution in [2.45, 2.75) is 31.5 Å². The summed E-state index contributed by atoms with van der Waals surface area (Å²) >= 11 is 5.94. The summed E-state index contributed by atoms with van der Waals surface area (Å²) in [5.74, 6) is -0.833. The number of benzene rings is 2. The van der Waals surface area contributed by atoms with Gasteiger partial charge in [0.15, 0.2) is 0 Å². The number of halogens is 5. The summed E-state index contributed by atoms with van der Waals surface area (Å²) in [7, 11) is 1.61. The number of methoxy groups -OCH3 is 1. The highest BCUT2D eigenvalue weighted by atomic mass is 35.5. The summed E-state index contributed by atoms with van der Waals surface area (Å²) < 4.78 is 54.3. The Labute approximate surface area is 218 Å². The van der Waals surface area contributed by atoms with Gasteiger partial charge >= 0.3 is 12.1 Å². The predicted octanol–water partition coefficient (Wildman–Crippen LogP) is 5.57. The topological polar surface area (TPSA) is 107 Å². The first-order valence-corrected chi connectivity index (χ1v) is 11.6. The van der Waals surface area contributed by atoms with Gasteiger partial charge in [-0.2, -0.15) is 18.2 Å². The minimum absolute atomic E-state index is 0.0975. The number of anilines is 2. The average Bonchev–Trinajstić information content (AvgIpc) is 3.49. The summed E-state index contributed by atoms with van der Waals surface area (Å²) in [6.45, 7) is 0.811. The van der Waals surface area contributed by atoms with Gasteiger partial charge in [-0.25, -0.2) is 18.9 Å². The molecule has 4 aromatic rings. The third kappa shape index (κ3) is 6.22. The van der Waals surface area contributed by atoms with Crippen LogP contribution in [0, 0.1) is 5.82 Å². The summed E-state index contributed by atoms with van der Waals surface area (Å²) in [6.07, 6.45) is 0.217. The van der Waals surface area contributed by atoms with E-state index in [1.807, 2.05) is 35.0 Å². The molecule has 2 aromatic carbocycles. The van der Waals surface area contributed by atoms with E-state index < -0.39 is 12.1 Å². The van der Waals surface area contributed by atoms with E-state index in [-0.39, 0.29) is 11.7 Å². The summed E-state index contributed by atoms with van der Waals surface area (Å²) in [5, 5.41) is 15.4. The van der Waals surface area contributed by atoms with E-state index in [4.69, 9.17) is 31.2 Å². The van der Waals surface area contributed by atoms with E-state index in [0.717, 1.165) is 42.1 Å². The first-order chi connectivity index (χ1) is 18.0. The number of aliphatic carboxylic acids is 1. The Morgan fingerprint density at radius 1 is 1.21 bits per heavy atom. The Balaban J connectivity index is 0.000000426. The highest BCUT2D eigenvalue weighted by molar-refractivity contribution is 6.29. The molecule has 0 spiro atoms.